The van der Waals surface area contributed by atoms with Crippen molar-refractivity contribution in [2.24, 2.45) is 10.8 Å². The van der Waals surface area contributed by atoms with Gasteiger partial charge < -0.3 is 0 Å². The zero-order valence-electron chi connectivity index (χ0n) is 12.4. The van der Waals surface area contributed by atoms with Crippen molar-refractivity contribution in [1.82, 2.24) is 0 Å². The molecule has 0 aliphatic heterocycles. The van der Waals surface area contributed by atoms with Gasteiger partial charge in [0.05, 0.1) is 0 Å². The number of carbonyl (C=O) groups excluding carboxylic acids is 2. The van der Waals surface area contributed by atoms with Gasteiger partial charge in [0.2, 0.25) is 11.6 Å². The fourth-order valence-electron chi connectivity index (χ4n) is 2.02. The van der Waals surface area contributed by atoms with Crippen LogP contribution in [0.3, 0.4) is 0 Å². The summed E-state index contributed by atoms with van der Waals surface area (Å²) in [5.41, 5.74) is 2.17. The molecule has 0 bridgehead atoms. The fraction of sp³-hybridized carbons (Fsp3) is 0.625. The zero-order chi connectivity index (χ0) is 14.1. The molecule has 0 aromatic heterocycles. The van der Waals surface area contributed by atoms with E-state index in [1.807, 2.05) is 0 Å². The average molecular weight is 248 g/mol. The third-order valence-corrected chi connectivity index (χ3v) is 3.12. The molecule has 0 unspecified atom stereocenters. The van der Waals surface area contributed by atoms with Gasteiger partial charge in [0.1, 0.15) is 0 Å². The molecule has 0 aromatic rings. The SMILES string of the molecule is CC(C)(C)CCC1=CC(=O)C(=O)C=C1C(C)(C)C. The van der Waals surface area contributed by atoms with E-state index < -0.39 is 0 Å². The van der Waals surface area contributed by atoms with Gasteiger partial charge in [-0.1, -0.05) is 41.5 Å². The molecule has 0 atom stereocenters. The predicted octanol–water partition coefficient (Wildman–Crippen LogP) is 3.86. The Kier molecular flexibility index (Phi) is 3.99. The normalized spacial score (nSPS) is 17.7. The number of hydrogen-bond donors (Lipinski definition) is 0. The zero-order valence-corrected chi connectivity index (χ0v) is 12.4. The van der Waals surface area contributed by atoms with Crippen molar-refractivity contribution >= 4 is 11.6 Å². The minimum atomic E-state index is -0.389. The van der Waals surface area contributed by atoms with Gasteiger partial charge in [-0.2, -0.15) is 0 Å². The van der Waals surface area contributed by atoms with E-state index in [4.69, 9.17) is 0 Å². The summed E-state index contributed by atoms with van der Waals surface area (Å²) in [6.45, 7) is 12.8. The van der Waals surface area contributed by atoms with E-state index in [1.54, 1.807) is 0 Å². The molecule has 0 N–H and O–H groups in total. The highest BCUT2D eigenvalue weighted by Crippen LogP contribution is 2.37. The number of rotatable bonds is 2. The van der Waals surface area contributed by atoms with Gasteiger partial charge in [-0.15, -0.1) is 0 Å². The van der Waals surface area contributed by atoms with E-state index in [2.05, 4.69) is 41.5 Å². The summed E-state index contributed by atoms with van der Waals surface area (Å²) in [6, 6.07) is 0. The van der Waals surface area contributed by atoms with Gasteiger partial charge >= 0.3 is 0 Å². The first-order chi connectivity index (χ1) is 8.00. The van der Waals surface area contributed by atoms with E-state index in [1.165, 1.54) is 12.2 Å². The standard InChI is InChI=1S/C16H24O2/c1-15(2,3)8-7-11-9-13(17)14(18)10-12(11)16(4,5)6/h9-10H,7-8H2,1-6H3. The van der Waals surface area contributed by atoms with E-state index in [9.17, 15) is 9.59 Å². The third-order valence-electron chi connectivity index (χ3n) is 3.12. The van der Waals surface area contributed by atoms with E-state index >= 15 is 0 Å². The number of allylic oxidation sites excluding steroid dienone is 4. The topological polar surface area (TPSA) is 34.1 Å². The minimum absolute atomic E-state index is 0.0971. The predicted molar refractivity (Wildman–Crippen MR) is 74.3 cm³/mol. The van der Waals surface area contributed by atoms with E-state index in [0.29, 0.717) is 0 Å². The van der Waals surface area contributed by atoms with Crippen LogP contribution >= 0.6 is 0 Å². The van der Waals surface area contributed by atoms with Crippen LogP contribution in [0, 0.1) is 10.8 Å². The second kappa shape index (κ2) is 4.83. The highest BCUT2D eigenvalue weighted by Gasteiger charge is 2.28. The van der Waals surface area contributed by atoms with E-state index in [-0.39, 0.29) is 22.4 Å². The van der Waals surface area contributed by atoms with Crippen LogP contribution in [0.5, 0.6) is 0 Å². The lowest BCUT2D eigenvalue weighted by molar-refractivity contribution is -0.131. The van der Waals surface area contributed by atoms with Crippen molar-refractivity contribution < 1.29 is 9.59 Å². The van der Waals surface area contributed by atoms with Crippen LogP contribution in [0.1, 0.15) is 54.4 Å². The average Bonchev–Trinajstić information content (AvgIpc) is 2.16. The van der Waals surface area contributed by atoms with Crippen LogP contribution in [0.4, 0.5) is 0 Å². The van der Waals surface area contributed by atoms with Gasteiger partial charge in [-0.05, 0) is 47.0 Å². The number of carbonyl (C=O) groups is 2. The molecule has 0 heterocycles. The second-order valence-corrected chi connectivity index (χ2v) is 7.27. The lowest BCUT2D eigenvalue weighted by Crippen LogP contribution is -2.22. The van der Waals surface area contributed by atoms with Crippen LogP contribution in [-0.2, 0) is 9.59 Å². The molecular formula is C16H24O2. The van der Waals surface area contributed by atoms with Crippen LogP contribution in [0.2, 0.25) is 0 Å². The Labute approximate surface area is 110 Å². The summed E-state index contributed by atoms with van der Waals surface area (Å²) in [7, 11) is 0. The molecule has 0 fully saturated rings. The molecule has 1 rings (SSSR count). The lowest BCUT2D eigenvalue weighted by atomic mass is 9.75. The molecule has 2 heteroatoms. The summed E-state index contributed by atoms with van der Waals surface area (Å²) in [5.74, 6) is -0.772. The summed E-state index contributed by atoms with van der Waals surface area (Å²) >= 11 is 0. The Morgan fingerprint density at radius 3 is 1.83 bits per heavy atom. The number of ketones is 2. The van der Waals surface area contributed by atoms with Crippen molar-refractivity contribution in [3.63, 3.8) is 0 Å². The molecule has 0 saturated carbocycles. The number of hydrogen-bond acceptors (Lipinski definition) is 2. The van der Waals surface area contributed by atoms with Crippen LogP contribution in [0.15, 0.2) is 23.3 Å². The Hall–Kier alpha value is -1.18. The molecule has 0 spiro atoms. The third kappa shape index (κ3) is 3.94. The summed E-state index contributed by atoms with van der Waals surface area (Å²) < 4.78 is 0. The largest absolute Gasteiger partial charge is 0.286 e. The molecule has 18 heavy (non-hydrogen) atoms. The summed E-state index contributed by atoms with van der Waals surface area (Å²) in [4.78, 5) is 23.1. The second-order valence-electron chi connectivity index (χ2n) is 7.27. The molecule has 0 aromatic carbocycles. The van der Waals surface area contributed by atoms with Gasteiger partial charge in [0.15, 0.2) is 0 Å². The Balaban J connectivity index is 2.99. The van der Waals surface area contributed by atoms with Crippen molar-refractivity contribution in [3.05, 3.63) is 23.3 Å². The maximum absolute atomic E-state index is 11.5. The van der Waals surface area contributed by atoms with Crippen molar-refractivity contribution in [3.8, 4) is 0 Å². The molecule has 1 aliphatic rings. The lowest BCUT2D eigenvalue weighted by Gasteiger charge is -2.29. The van der Waals surface area contributed by atoms with Crippen LogP contribution in [-0.4, -0.2) is 11.6 Å². The van der Waals surface area contributed by atoms with Gasteiger partial charge in [-0.3, -0.25) is 9.59 Å². The summed E-state index contributed by atoms with van der Waals surface area (Å²) in [6.07, 6.45) is 4.92. The van der Waals surface area contributed by atoms with Gasteiger partial charge in [0, 0.05) is 0 Å². The smallest absolute Gasteiger partial charge is 0.226 e. The Bertz CT molecular complexity index is 423. The summed E-state index contributed by atoms with van der Waals surface area (Å²) in [5, 5.41) is 0. The Morgan fingerprint density at radius 2 is 1.39 bits per heavy atom. The molecule has 0 saturated heterocycles. The maximum atomic E-state index is 11.5. The molecule has 0 amide bonds. The maximum Gasteiger partial charge on any atom is 0.226 e. The molecule has 2 nitrogen and oxygen atoms in total. The highest BCUT2D eigenvalue weighted by atomic mass is 16.2. The van der Waals surface area contributed by atoms with Crippen molar-refractivity contribution in [2.45, 2.75) is 54.4 Å². The monoisotopic (exact) mass is 248 g/mol. The fourth-order valence-corrected chi connectivity index (χ4v) is 2.02. The van der Waals surface area contributed by atoms with Gasteiger partial charge in [0.25, 0.3) is 0 Å². The van der Waals surface area contributed by atoms with Crippen LogP contribution in [0.25, 0.3) is 0 Å². The minimum Gasteiger partial charge on any atom is -0.286 e. The van der Waals surface area contributed by atoms with Crippen molar-refractivity contribution in [2.75, 3.05) is 0 Å². The molecule has 1 aliphatic carbocycles. The van der Waals surface area contributed by atoms with Gasteiger partial charge in [-0.25, -0.2) is 0 Å². The van der Waals surface area contributed by atoms with Crippen LogP contribution < -0.4 is 0 Å². The van der Waals surface area contributed by atoms with Crippen molar-refractivity contribution in [1.29, 1.82) is 0 Å². The first-order valence-electron chi connectivity index (χ1n) is 6.52. The first kappa shape index (κ1) is 14.9. The van der Waals surface area contributed by atoms with E-state index in [0.717, 1.165) is 24.0 Å². The molecular weight excluding hydrogens is 224 g/mol. The Morgan fingerprint density at radius 1 is 0.889 bits per heavy atom. The molecule has 100 valence electrons. The quantitative estimate of drug-likeness (QED) is 0.549. The molecule has 0 radical (unpaired) electrons. The highest BCUT2D eigenvalue weighted by molar-refractivity contribution is 6.46. The first-order valence-corrected chi connectivity index (χ1v) is 6.52.